The molecule has 0 atom stereocenters. The molecule has 0 saturated carbocycles. The first kappa shape index (κ1) is 27.6. The van der Waals surface area contributed by atoms with Crippen LogP contribution < -0.4 is 4.74 Å². The number of amides is 1. The van der Waals surface area contributed by atoms with E-state index < -0.39 is 0 Å². The lowest BCUT2D eigenvalue weighted by molar-refractivity contribution is -0.122. The van der Waals surface area contributed by atoms with Gasteiger partial charge in [0.2, 0.25) is 0 Å². The van der Waals surface area contributed by atoms with Crippen molar-refractivity contribution >= 4 is 40.3 Å². The van der Waals surface area contributed by atoms with Crippen molar-refractivity contribution in [3.63, 3.8) is 0 Å². The van der Waals surface area contributed by atoms with E-state index in [2.05, 4.69) is 0 Å². The van der Waals surface area contributed by atoms with E-state index in [4.69, 9.17) is 22.1 Å². The Kier molecular flexibility index (Phi) is 8.26. The minimum absolute atomic E-state index is 0.104. The first-order valence-electron chi connectivity index (χ1n) is 13.5. The average molecular weight is 592 g/mol. The number of carbonyl (C=O) groups is 1. The Morgan fingerprint density at radius 1 is 0.905 bits per heavy atom. The van der Waals surface area contributed by atoms with Crippen molar-refractivity contribution in [2.24, 2.45) is 0 Å². The van der Waals surface area contributed by atoms with E-state index in [1.54, 1.807) is 27.8 Å². The lowest BCUT2D eigenvalue weighted by Crippen LogP contribution is -2.30. The summed E-state index contributed by atoms with van der Waals surface area (Å²) in [6, 6.07) is 33.9. The maximum Gasteiger partial charge on any atom is 0.266 e. The third-order valence-corrected chi connectivity index (χ3v) is 8.23. The van der Waals surface area contributed by atoms with Gasteiger partial charge >= 0.3 is 0 Å². The van der Waals surface area contributed by atoms with Gasteiger partial charge in [0.05, 0.1) is 10.6 Å². The molecule has 5 aromatic rings. The Hall–Kier alpha value is -4.53. The molecule has 0 bridgehead atoms. The molecule has 0 N–H and O–H groups in total. The molecule has 1 saturated heterocycles. The lowest BCUT2D eigenvalue weighted by Gasteiger charge is -2.14. The number of benzene rings is 4. The summed E-state index contributed by atoms with van der Waals surface area (Å²) in [5.41, 5.74) is 4.78. The zero-order chi connectivity index (χ0) is 28.9. The molecule has 4 aromatic carbocycles. The number of thioether (sulfide) groups is 1. The molecule has 42 heavy (non-hydrogen) atoms. The number of thiocarbonyl (C=S) groups is 1. The monoisotopic (exact) mass is 591 g/mol. The number of hydrogen-bond donors (Lipinski definition) is 0. The van der Waals surface area contributed by atoms with Gasteiger partial charge in [0.15, 0.2) is 0 Å². The largest absolute Gasteiger partial charge is 0.489 e. The molecule has 6 rings (SSSR count). The van der Waals surface area contributed by atoms with E-state index in [0.29, 0.717) is 32.8 Å². The van der Waals surface area contributed by atoms with Gasteiger partial charge in [0, 0.05) is 29.4 Å². The SMILES string of the molecule is O=C1/C(=C/c2cn(-c3ccccc3)nc2-c2cccc(OCc3ccccc3F)c2)SC(=S)N1CCc1ccccc1. The summed E-state index contributed by atoms with van der Waals surface area (Å²) in [5, 5.41) is 4.89. The zero-order valence-electron chi connectivity index (χ0n) is 22.5. The molecule has 5 nitrogen and oxygen atoms in total. The topological polar surface area (TPSA) is 47.4 Å². The molecule has 2 heterocycles. The Morgan fingerprint density at radius 3 is 2.43 bits per heavy atom. The molecule has 0 radical (unpaired) electrons. The number of nitrogens with zero attached hydrogens (tertiary/aromatic N) is 3. The summed E-state index contributed by atoms with van der Waals surface area (Å²) in [4.78, 5) is 15.7. The van der Waals surface area contributed by atoms with Crippen LogP contribution in [0.4, 0.5) is 4.39 Å². The van der Waals surface area contributed by atoms with E-state index in [9.17, 15) is 9.18 Å². The molecule has 208 valence electrons. The van der Waals surface area contributed by atoms with Crippen LogP contribution in [0.5, 0.6) is 5.75 Å². The van der Waals surface area contributed by atoms with Gasteiger partial charge in [0.25, 0.3) is 5.91 Å². The predicted molar refractivity (Wildman–Crippen MR) is 170 cm³/mol. The molecule has 0 spiro atoms. The van der Waals surface area contributed by atoms with Gasteiger partial charge in [0.1, 0.15) is 28.2 Å². The number of ether oxygens (including phenoxy) is 1. The van der Waals surface area contributed by atoms with E-state index in [-0.39, 0.29) is 18.3 Å². The molecule has 1 aliphatic rings. The van der Waals surface area contributed by atoms with E-state index in [0.717, 1.165) is 28.8 Å². The first-order valence-corrected chi connectivity index (χ1v) is 14.7. The minimum atomic E-state index is -0.307. The van der Waals surface area contributed by atoms with Crippen LogP contribution in [0.3, 0.4) is 0 Å². The van der Waals surface area contributed by atoms with Gasteiger partial charge in [-0.05, 0) is 48.4 Å². The smallest absolute Gasteiger partial charge is 0.266 e. The fourth-order valence-electron chi connectivity index (χ4n) is 4.66. The third-order valence-electron chi connectivity index (χ3n) is 6.85. The molecule has 0 aliphatic carbocycles. The van der Waals surface area contributed by atoms with Crippen LogP contribution in [0, 0.1) is 5.82 Å². The van der Waals surface area contributed by atoms with Gasteiger partial charge in [-0.2, -0.15) is 5.10 Å². The van der Waals surface area contributed by atoms with Crippen molar-refractivity contribution in [1.29, 1.82) is 0 Å². The normalized spacial score (nSPS) is 14.1. The Balaban J connectivity index is 1.30. The summed E-state index contributed by atoms with van der Waals surface area (Å²) >= 11 is 6.90. The summed E-state index contributed by atoms with van der Waals surface area (Å²) in [6.45, 7) is 0.621. The van der Waals surface area contributed by atoms with Gasteiger partial charge < -0.3 is 4.74 Å². The van der Waals surface area contributed by atoms with Crippen molar-refractivity contribution in [1.82, 2.24) is 14.7 Å². The maximum atomic E-state index is 14.1. The second-order valence-corrected chi connectivity index (χ2v) is 11.4. The third kappa shape index (κ3) is 6.20. The number of halogens is 1. The fraction of sp³-hybridized carbons (Fsp3) is 0.0882. The molecule has 1 fully saturated rings. The van der Waals surface area contributed by atoms with Crippen LogP contribution in [0.25, 0.3) is 23.0 Å². The van der Waals surface area contributed by atoms with Crippen LogP contribution >= 0.6 is 24.0 Å². The quantitative estimate of drug-likeness (QED) is 0.130. The Morgan fingerprint density at radius 2 is 1.64 bits per heavy atom. The molecular formula is C34H26FN3O2S2. The molecule has 1 aliphatic heterocycles. The summed E-state index contributed by atoms with van der Waals surface area (Å²) < 4.78 is 22.4. The second kappa shape index (κ2) is 12.5. The summed E-state index contributed by atoms with van der Waals surface area (Å²) in [7, 11) is 0. The van der Waals surface area contributed by atoms with E-state index >= 15 is 0 Å². The Bertz CT molecular complexity index is 1770. The average Bonchev–Trinajstić information content (AvgIpc) is 3.56. The second-order valence-electron chi connectivity index (χ2n) is 9.69. The lowest BCUT2D eigenvalue weighted by atomic mass is 10.1. The molecule has 1 aromatic heterocycles. The van der Waals surface area contributed by atoms with Gasteiger partial charge in [-0.15, -0.1) is 0 Å². The fourth-order valence-corrected chi connectivity index (χ4v) is 5.96. The van der Waals surface area contributed by atoms with Crippen LogP contribution in [-0.2, 0) is 17.8 Å². The standard InChI is InChI=1S/C34H26FN3O2S2/c35-30-17-8-7-12-26(30)23-40-29-16-9-13-25(20-29)32-27(22-38(36-32)28-14-5-2-6-15-28)21-31-33(39)37(34(41)42-31)19-18-24-10-3-1-4-11-24/h1-17,20-22H,18-19,23H2/b31-21-. The highest BCUT2D eigenvalue weighted by Gasteiger charge is 2.32. The predicted octanol–water partition coefficient (Wildman–Crippen LogP) is 7.70. The van der Waals surface area contributed by atoms with Gasteiger partial charge in [-0.3, -0.25) is 9.69 Å². The maximum absolute atomic E-state index is 14.1. The number of hydrogen-bond acceptors (Lipinski definition) is 5. The zero-order valence-corrected chi connectivity index (χ0v) is 24.2. The minimum Gasteiger partial charge on any atom is -0.489 e. The highest BCUT2D eigenvalue weighted by molar-refractivity contribution is 8.26. The van der Waals surface area contributed by atoms with Crippen LogP contribution in [0.2, 0.25) is 0 Å². The number of aromatic nitrogens is 2. The van der Waals surface area contributed by atoms with Crippen molar-refractivity contribution in [2.45, 2.75) is 13.0 Å². The molecule has 8 heteroatoms. The van der Waals surface area contributed by atoms with E-state index in [1.807, 2.05) is 97.2 Å². The van der Waals surface area contributed by atoms with Gasteiger partial charge in [-0.25, -0.2) is 9.07 Å². The van der Waals surface area contributed by atoms with Crippen molar-refractivity contribution in [2.75, 3.05) is 6.54 Å². The van der Waals surface area contributed by atoms with Crippen molar-refractivity contribution in [3.05, 3.63) is 143 Å². The van der Waals surface area contributed by atoms with Crippen LogP contribution in [0.1, 0.15) is 16.7 Å². The van der Waals surface area contributed by atoms with Gasteiger partial charge in [-0.1, -0.05) is 103 Å². The number of para-hydroxylation sites is 1. The van der Waals surface area contributed by atoms with Crippen molar-refractivity contribution in [3.8, 4) is 22.7 Å². The molecular weight excluding hydrogens is 566 g/mol. The van der Waals surface area contributed by atoms with Crippen LogP contribution in [0.15, 0.2) is 120 Å². The molecule has 1 amide bonds. The Labute approximate surface area is 253 Å². The summed E-state index contributed by atoms with van der Waals surface area (Å²) in [5.74, 6) is 0.170. The summed E-state index contributed by atoms with van der Waals surface area (Å²) in [6.07, 6.45) is 4.49. The highest BCUT2D eigenvalue weighted by atomic mass is 32.2. The molecule has 0 unspecified atom stereocenters. The van der Waals surface area contributed by atoms with Crippen molar-refractivity contribution < 1.29 is 13.9 Å². The number of carbonyl (C=O) groups excluding carboxylic acids is 1. The van der Waals surface area contributed by atoms with E-state index in [1.165, 1.54) is 17.8 Å². The van der Waals surface area contributed by atoms with Crippen LogP contribution in [-0.4, -0.2) is 31.5 Å². The highest BCUT2D eigenvalue weighted by Crippen LogP contribution is 2.35. The number of rotatable bonds is 9. The first-order chi connectivity index (χ1) is 20.5.